The van der Waals surface area contributed by atoms with Crippen LogP contribution in [0.4, 0.5) is 13.2 Å². The number of carbonyl (C=O) groups is 3. The van der Waals surface area contributed by atoms with Crippen LogP contribution < -0.4 is 4.74 Å². The second kappa shape index (κ2) is 15.2. The summed E-state index contributed by atoms with van der Waals surface area (Å²) in [5.74, 6) is -3.77. The standard InChI is InChI=1S/3C13H15FO3/c1-13(7-10(15)16)6-5-8-3-4-9(17-2)12(14)11(8)13;2*1-13(7-10(16)17-2)6-5-8-3-4-9(15)12(14)11(8)13/h3-4H,5-7H2,1-2H3,(H,15,16);2*3-4,15H,5-7H2,1-2H3/t;2*13-/m.10/s1. The highest BCUT2D eigenvalue weighted by Crippen LogP contribution is 2.47. The average molecular weight is 715 g/mol. The molecule has 3 aliphatic rings. The van der Waals surface area contributed by atoms with Gasteiger partial charge in [-0.15, -0.1) is 0 Å². The molecule has 0 saturated carbocycles. The maximum atomic E-state index is 14.2. The normalized spacial score (nSPS) is 22.3. The summed E-state index contributed by atoms with van der Waals surface area (Å²) in [4.78, 5) is 33.6. The Hall–Kier alpha value is -4.74. The molecule has 12 heteroatoms. The Kier molecular flexibility index (Phi) is 11.7. The molecule has 0 spiro atoms. The van der Waals surface area contributed by atoms with E-state index in [0.717, 1.165) is 36.0 Å². The molecule has 0 amide bonds. The third kappa shape index (κ3) is 7.94. The molecule has 0 aliphatic heterocycles. The number of hydrogen-bond donors (Lipinski definition) is 3. The predicted molar refractivity (Wildman–Crippen MR) is 182 cm³/mol. The van der Waals surface area contributed by atoms with Crippen molar-refractivity contribution in [3.63, 3.8) is 0 Å². The second-order valence-corrected chi connectivity index (χ2v) is 14.2. The highest BCUT2D eigenvalue weighted by molar-refractivity contribution is 5.73. The third-order valence-electron chi connectivity index (χ3n) is 10.5. The molecule has 1 unspecified atom stereocenters. The molecule has 3 aromatic carbocycles. The van der Waals surface area contributed by atoms with E-state index in [4.69, 9.17) is 9.84 Å². The fourth-order valence-electron chi connectivity index (χ4n) is 7.80. The second-order valence-electron chi connectivity index (χ2n) is 14.2. The fourth-order valence-corrected chi connectivity index (χ4v) is 7.80. The molecule has 9 nitrogen and oxygen atoms in total. The van der Waals surface area contributed by atoms with Crippen molar-refractivity contribution in [2.75, 3.05) is 21.3 Å². The number of methoxy groups -OCH3 is 3. The quantitative estimate of drug-likeness (QED) is 0.219. The van der Waals surface area contributed by atoms with Gasteiger partial charge in [0.05, 0.1) is 40.6 Å². The van der Waals surface area contributed by atoms with Crippen LogP contribution in [0, 0.1) is 17.5 Å². The summed E-state index contributed by atoms with van der Waals surface area (Å²) in [7, 11) is 4.05. The number of aromatic hydroxyl groups is 2. The first-order valence-electron chi connectivity index (χ1n) is 16.7. The number of carbonyl (C=O) groups excluding carboxylic acids is 2. The van der Waals surface area contributed by atoms with Gasteiger partial charge in [-0.25, -0.2) is 13.2 Å². The lowest BCUT2D eigenvalue weighted by atomic mass is 9.80. The Bertz CT molecular complexity index is 1740. The largest absolute Gasteiger partial charge is 0.505 e. The Morgan fingerprint density at radius 3 is 1.31 bits per heavy atom. The minimum absolute atomic E-state index is 0.0515. The number of aliphatic carboxylic acids is 1. The number of hydrogen-bond acceptors (Lipinski definition) is 8. The molecule has 0 fully saturated rings. The Morgan fingerprint density at radius 2 is 0.961 bits per heavy atom. The molecule has 276 valence electrons. The van der Waals surface area contributed by atoms with E-state index >= 15 is 0 Å². The van der Waals surface area contributed by atoms with Gasteiger partial charge in [0.25, 0.3) is 0 Å². The molecule has 0 radical (unpaired) electrons. The maximum Gasteiger partial charge on any atom is 0.306 e. The van der Waals surface area contributed by atoms with Gasteiger partial charge in [0, 0.05) is 32.9 Å². The molecule has 0 saturated heterocycles. The molecular weight excluding hydrogens is 669 g/mol. The summed E-state index contributed by atoms with van der Waals surface area (Å²) in [6.07, 6.45) is 4.44. The zero-order valence-electron chi connectivity index (χ0n) is 29.8. The SMILES string of the molecule is COC(=O)C[C@@]1(C)CCc2ccc(O)c(F)c21.COC(=O)C[C@]1(C)CCc2ccc(O)c(F)c21.COc1ccc2c(c1F)C(C)(CC(=O)O)CC2. The van der Waals surface area contributed by atoms with Crippen LogP contribution in [0.25, 0.3) is 0 Å². The summed E-state index contributed by atoms with van der Waals surface area (Å²) in [5.41, 5.74) is 2.28. The predicted octanol–water partition coefficient (Wildman–Crippen LogP) is 7.11. The van der Waals surface area contributed by atoms with E-state index in [2.05, 4.69) is 9.47 Å². The topological polar surface area (TPSA) is 140 Å². The first-order chi connectivity index (χ1) is 23.9. The molecule has 3 atom stereocenters. The van der Waals surface area contributed by atoms with E-state index in [1.165, 1.54) is 33.5 Å². The van der Waals surface area contributed by atoms with E-state index < -0.39 is 39.7 Å². The minimum atomic E-state index is -0.900. The highest BCUT2D eigenvalue weighted by atomic mass is 19.1. The van der Waals surface area contributed by atoms with E-state index in [1.807, 2.05) is 19.9 Å². The molecule has 51 heavy (non-hydrogen) atoms. The summed E-state index contributed by atoms with van der Waals surface area (Å²) in [6.45, 7) is 5.46. The lowest BCUT2D eigenvalue weighted by Crippen LogP contribution is -2.24. The average Bonchev–Trinajstić information content (AvgIpc) is 3.71. The summed E-state index contributed by atoms with van der Waals surface area (Å²) >= 11 is 0. The number of phenols is 2. The summed E-state index contributed by atoms with van der Waals surface area (Å²) < 4.78 is 56.3. The molecule has 0 aromatic heterocycles. The van der Waals surface area contributed by atoms with Crippen molar-refractivity contribution >= 4 is 17.9 Å². The van der Waals surface area contributed by atoms with Crippen LogP contribution in [-0.4, -0.2) is 54.6 Å². The molecule has 6 rings (SSSR count). The number of phenolic OH excluding ortho intramolecular Hbond substituents is 2. The highest BCUT2D eigenvalue weighted by Gasteiger charge is 2.42. The summed E-state index contributed by atoms with van der Waals surface area (Å²) in [5, 5.41) is 27.8. The lowest BCUT2D eigenvalue weighted by Gasteiger charge is -2.24. The van der Waals surface area contributed by atoms with Crippen LogP contribution in [-0.2, 0) is 59.4 Å². The van der Waals surface area contributed by atoms with Crippen molar-refractivity contribution in [1.29, 1.82) is 0 Å². The van der Waals surface area contributed by atoms with Gasteiger partial charge in [-0.3, -0.25) is 14.4 Å². The molecule has 0 heterocycles. The van der Waals surface area contributed by atoms with Gasteiger partial charge in [0.15, 0.2) is 34.7 Å². The Balaban J connectivity index is 0.000000172. The number of fused-ring (bicyclic) bond motifs is 3. The molecule has 3 aromatic rings. The van der Waals surface area contributed by atoms with Gasteiger partial charge in [-0.1, -0.05) is 39.0 Å². The first kappa shape index (κ1) is 39.1. The number of ether oxygens (including phenoxy) is 3. The van der Waals surface area contributed by atoms with E-state index in [-0.39, 0.29) is 48.4 Å². The van der Waals surface area contributed by atoms with Crippen molar-refractivity contribution in [2.24, 2.45) is 0 Å². The Morgan fingerprint density at radius 1 is 0.608 bits per heavy atom. The van der Waals surface area contributed by atoms with Crippen molar-refractivity contribution in [2.45, 2.75) is 94.8 Å². The van der Waals surface area contributed by atoms with Gasteiger partial charge in [-0.05, 0) is 73.4 Å². The number of esters is 2. The number of carboxylic acid groups (broad SMARTS) is 1. The lowest BCUT2D eigenvalue weighted by molar-refractivity contribution is -0.143. The van der Waals surface area contributed by atoms with Crippen molar-refractivity contribution in [3.8, 4) is 17.2 Å². The number of aryl methyl sites for hydroxylation is 3. The van der Waals surface area contributed by atoms with E-state index in [9.17, 15) is 37.8 Å². The smallest absolute Gasteiger partial charge is 0.306 e. The van der Waals surface area contributed by atoms with Gasteiger partial charge in [0.2, 0.25) is 0 Å². The minimum Gasteiger partial charge on any atom is -0.505 e. The Labute approximate surface area is 295 Å². The molecule has 3 N–H and O–H groups in total. The maximum absolute atomic E-state index is 14.2. The van der Waals surface area contributed by atoms with Crippen molar-refractivity contribution < 1.29 is 57.1 Å². The van der Waals surface area contributed by atoms with E-state index in [1.54, 1.807) is 25.1 Å². The zero-order chi connectivity index (χ0) is 37.9. The van der Waals surface area contributed by atoms with Crippen LogP contribution >= 0.6 is 0 Å². The number of halogens is 3. The monoisotopic (exact) mass is 714 g/mol. The third-order valence-corrected chi connectivity index (χ3v) is 10.5. The van der Waals surface area contributed by atoms with Gasteiger partial charge in [0.1, 0.15) is 0 Å². The number of benzene rings is 3. The van der Waals surface area contributed by atoms with Crippen LogP contribution in [0.2, 0.25) is 0 Å². The van der Waals surface area contributed by atoms with Crippen LogP contribution in [0.3, 0.4) is 0 Å². The number of carboxylic acids is 1. The van der Waals surface area contributed by atoms with E-state index in [0.29, 0.717) is 36.0 Å². The fraction of sp³-hybridized carbons (Fsp3) is 0.462. The van der Waals surface area contributed by atoms with Crippen molar-refractivity contribution in [3.05, 3.63) is 87.2 Å². The van der Waals surface area contributed by atoms with Crippen LogP contribution in [0.5, 0.6) is 17.2 Å². The molecule has 0 bridgehead atoms. The number of rotatable bonds is 7. The van der Waals surface area contributed by atoms with Crippen LogP contribution in [0.15, 0.2) is 36.4 Å². The van der Waals surface area contributed by atoms with Crippen molar-refractivity contribution in [1.82, 2.24) is 0 Å². The molecule has 3 aliphatic carbocycles. The van der Waals surface area contributed by atoms with Gasteiger partial charge in [-0.2, -0.15) is 0 Å². The zero-order valence-corrected chi connectivity index (χ0v) is 29.8. The van der Waals surface area contributed by atoms with Gasteiger partial charge >= 0.3 is 17.9 Å². The first-order valence-corrected chi connectivity index (χ1v) is 16.7. The molecular formula is C39H45F3O9. The van der Waals surface area contributed by atoms with Crippen LogP contribution in [0.1, 0.15) is 92.7 Å². The summed E-state index contributed by atoms with van der Waals surface area (Å²) in [6, 6.07) is 9.58. The van der Waals surface area contributed by atoms with Gasteiger partial charge < -0.3 is 29.5 Å².